The van der Waals surface area contributed by atoms with Crippen LogP contribution in [0.3, 0.4) is 0 Å². The second-order valence-corrected chi connectivity index (χ2v) is 4.12. The Bertz CT molecular complexity index is 371. The second-order valence-electron chi connectivity index (χ2n) is 4.12. The predicted molar refractivity (Wildman–Crippen MR) is 62.8 cm³/mol. The molecule has 94 valence electrons. The molecule has 1 aromatic rings. The third-order valence-electron chi connectivity index (χ3n) is 2.70. The highest BCUT2D eigenvalue weighted by atomic mass is 16.5. The minimum Gasteiger partial charge on any atom is -0.376 e. The SMILES string of the molecule is Cn1ccc(C(=O)NCCC2CNCCO2)n1. The fourth-order valence-corrected chi connectivity index (χ4v) is 1.78. The molecule has 0 bridgehead atoms. The topological polar surface area (TPSA) is 68.2 Å². The van der Waals surface area contributed by atoms with Gasteiger partial charge in [0.25, 0.3) is 5.91 Å². The Hall–Kier alpha value is -1.40. The molecule has 6 heteroatoms. The highest BCUT2D eigenvalue weighted by Gasteiger charge is 2.14. The lowest BCUT2D eigenvalue weighted by atomic mass is 10.2. The maximum Gasteiger partial charge on any atom is 0.271 e. The monoisotopic (exact) mass is 238 g/mol. The van der Waals surface area contributed by atoms with Crippen LogP contribution in [0.5, 0.6) is 0 Å². The standard InChI is InChI=1S/C11H18N4O2/c1-15-6-3-10(14-15)11(16)13-4-2-9-8-12-5-7-17-9/h3,6,9,12H,2,4-5,7-8H2,1H3,(H,13,16). The molecule has 0 radical (unpaired) electrons. The molecule has 2 N–H and O–H groups in total. The van der Waals surface area contributed by atoms with Gasteiger partial charge in [0, 0.05) is 32.9 Å². The number of hydrogen-bond acceptors (Lipinski definition) is 4. The van der Waals surface area contributed by atoms with Crippen molar-refractivity contribution in [2.75, 3.05) is 26.2 Å². The van der Waals surface area contributed by atoms with Gasteiger partial charge in [-0.25, -0.2) is 0 Å². The van der Waals surface area contributed by atoms with Crippen molar-refractivity contribution < 1.29 is 9.53 Å². The van der Waals surface area contributed by atoms with Crippen molar-refractivity contribution in [3.05, 3.63) is 18.0 Å². The number of aryl methyl sites for hydroxylation is 1. The summed E-state index contributed by atoms with van der Waals surface area (Å²) in [7, 11) is 1.79. The smallest absolute Gasteiger partial charge is 0.271 e. The molecule has 17 heavy (non-hydrogen) atoms. The van der Waals surface area contributed by atoms with Gasteiger partial charge in [-0.3, -0.25) is 9.48 Å². The minimum atomic E-state index is -0.130. The summed E-state index contributed by atoms with van der Waals surface area (Å²) in [4.78, 5) is 11.7. The van der Waals surface area contributed by atoms with Crippen LogP contribution < -0.4 is 10.6 Å². The Kier molecular flexibility index (Phi) is 4.11. The largest absolute Gasteiger partial charge is 0.376 e. The lowest BCUT2D eigenvalue weighted by Gasteiger charge is -2.23. The summed E-state index contributed by atoms with van der Waals surface area (Å²) in [5.41, 5.74) is 0.454. The second kappa shape index (κ2) is 5.79. The zero-order valence-electron chi connectivity index (χ0n) is 9.98. The lowest BCUT2D eigenvalue weighted by molar-refractivity contribution is 0.0239. The van der Waals surface area contributed by atoms with E-state index in [1.165, 1.54) is 0 Å². The number of carbonyl (C=O) groups excluding carboxylic acids is 1. The molecule has 2 rings (SSSR count). The molecule has 1 aromatic heterocycles. The van der Waals surface area contributed by atoms with Crippen molar-refractivity contribution in [2.24, 2.45) is 7.05 Å². The molecule has 1 aliphatic heterocycles. The van der Waals surface area contributed by atoms with Crippen molar-refractivity contribution in [2.45, 2.75) is 12.5 Å². The number of amides is 1. The van der Waals surface area contributed by atoms with E-state index in [1.807, 2.05) is 0 Å². The van der Waals surface area contributed by atoms with Crippen molar-refractivity contribution >= 4 is 5.91 Å². The highest BCUT2D eigenvalue weighted by Crippen LogP contribution is 2.00. The molecule has 1 fully saturated rings. The summed E-state index contributed by atoms with van der Waals surface area (Å²) < 4.78 is 7.15. The van der Waals surface area contributed by atoms with E-state index >= 15 is 0 Å². The quantitative estimate of drug-likeness (QED) is 0.744. The van der Waals surface area contributed by atoms with Crippen LogP contribution in [-0.2, 0) is 11.8 Å². The van der Waals surface area contributed by atoms with E-state index < -0.39 is 0 Å². The summed E-state index contributed by atoms with van der Waals surface area (Å²) in [6.07, 6.45) is 2.78. The van der Waals surface area contributed by atoms with E-state index in [1.54, 1.807) is 24.0 Å². The fourth-order valence-electron chi connectivity index (χ4n) is 1.78. The van der Waals surface area contributed by atoms with Crippen LogP contribution in [0, 0.1) is 0 Å². The molecular weight excluding hydrogens is 220 g/mol. The van der Waals surface area contributed by atoms with E-state index in [-0.39, 0.29) is 12.0 Å². The van der Waals surface area contributed by atoms with Gasteiger partial charge < -0.3 is 15.4 Å². The van der Waals surface area contributed by atoms with Crippen LogP contribution >= 0.6 is 0 Å². The van der Waals surface area contributed by atoms with Gasteiger partial charge in [-0.05, 0) is 12.5 Å². The lowest BCUT2D eigenvalue weighted by Crippen LogP contribution is -2.40. The number of nitrogens with zero attached hydrogens (tertiary/aromatic N) is 2. The van der Waals surface area contributed by atoms with Gasteiger partial charge >= 0.3 is 0 Å². The summed E-state index contributed by atoms with van der Waals surface area (Å²) in [5.74, 6) is -0.130. The number of aromatic nitrogens is 2. The number of morpholine rings is 1. The maximum atomic E-state index is 11.7. The molecule has 1 amide bonds. The van der Waals surface area contributed by atoms with Crippen LogP contribution in [0.2, 0.25) is 0 Å². The van der Waals surface area contributed by atoms with Crippen molar-refractivity contribution in [1.29, 1.82) is 0 Å². The molecule has 2 heterocycles. The first-order valence-electron chi connectivity index (χ1n) is 5.86. The molecule has 1 aliphatic rings. The van der Waals surface area contributed by atoms with E-state index in [2.05, 4.69) is 15.7 Å². The van der Waals surface area contributed by atoms with Gasteiger partial charge in [0.1, 0.15) is 5.69 Å². The van der Waals surface area contributed by atoms with Gasteiger partial charge in [0.15, 0.2) is 0 Å². The Morgan fingerprint density at radius 3 is 3.29 bits per heavy atom. The van der Waals surface area contributed by atoms with E-state index in [0.29, 0.717) is 12.2 Å². The van der Waals surface area contributed by atoms with Crippen LogP contribution in [-0.4, -0.2) is 48.0 Å². The average molecular weight is 238 g/mol. The summed E-state index contributed by atoms with van der Waals surface area (Å²) in [6, 6.07) is 1.70. The normalized spacial score (nSPS) is 20.2. The molecular formula is C11H18N4O2. The Morgan fingerprint density at radius 1 is 1.76 bits per heavy atom. The molecule has 0 aliphatic carbocycles. The zero-order valence-corrected chi connectivity index (χ0v) is 9.98. The van der Waals surface area contributed by atoms with Gasteiger partial charge in [0.05, 0.1) is 12.7 Å². The van der Waals surface area contributed by atoms with E-state index in [9.17, 15) is 4.79 Å². The molecule has 0 spiro atoms. The number of hydrogen-bond donors (Lipinski definition) is 2. The van der Waals surface area contributed by atoms with Crippen molar-refractivity contribution in [3.63, 3.8) is 0 Å². The number of carbonyl (C=O) groups is 1. The van der Waals surface area contributed by atoms with Gasteiger partial charge in [0.2, 0.25) is 0 Å². The Morgan fingerprint density at radius 2 is 2.65 bits per heavy atom. The van der Waals surface area contributed by atoms with Crippen molar-refractivity contribution in [3.8, 4) is 0 Å². The summed E-state index contributed by atoms with van der Waals surface area (Å²) in [6.45, 7) is 3.14. The molecule has 1 atom stereocenters. The third-order valence-corrected chi connectivity index (χ3v) is 2.70. The molecule has 0 saturated carbocycles. The molecule has 1 unspecified atom stereocenters. The molecule has 0 aromatic carbocycles. The minimum absolute atomic E-state index is 0.130. The molecule has 6 nitrogen and oxygen atoms in total. The van der Waals surface area contributed by atoms with Crippen LogP contribution in [0.15, 0.2) is 12.3 Å². The Balaban J connectivity index is 1.69. The number of nitrogens with one attached hydrogen (secondary N) is 2. The number of rotatable bonds is 4. The maximum absolute atomic E-state index is 11.7. The third kappa shape index (κ3) is 3.54. The van der Waals surface area contributed by atoms with Crippen LogP contribution in [0.4, 0.5) is 0 Å². The summed E-state index contributed by atoms with van der Waals surface area (Å²) in [5, 5.41) is 10.1. The van der Waals surface area contributed by atoms with Gasteiger partial charge in [-0.15, -0.1) is 0 Å². The van der Waals surface area contributed by atoms with Gasteiger partial charge in [-0.1, -0.05) is 0 Å². The fraction of sp³-hybridized carbons (Fsp3) is 0.636. The zero-order chi connectivity index (χ0) is 12.1. The van der Waals surface area contributed by atoms with Gasteiger partial charge in [-0.2, -0.15) is 5.10 Å². The predicted octanol–water partition coefficient (Wildman–Crippen LogP) is -0.472. The number of ether oxygens (including phenoxy) is 1. The van der Waals surface area contributed by atoms with Crippen LogP contribution in [0.25, 0.3) is 0 Å². The van der Waals surface area contributed by atoms with Crippen molar-refractivity contribution in [1.82, 2.24) is 20.4 Å². The van der Waals surface area contributed by atoms with E-state index in [0.717, 1.165) is 26.1 Å². The first-order valence-corrected chi connectivity index (χ1v) is 5.86. The first kappa shape index (κ1) is 12.1. The Labute approximate surface area is 100 Å². The first-order chi connectivity index (χ1) is 8.25. The average Bonchev–Trinajstić information content (AvgIpc) is 2.77. The molecule has 1 saturated heterocycles. The highest BCUT2D eigenvalue weighted by molar-refractivity contribution is 5.92. The van der Waals surface area contributed by atoms with Crippen LogP contribution in [0.1, 0.15) is 16.9 Å². The summed E-state index contributed by atoms with van der Waals surface area (Å²) >= 11 is 0. The van der Waals surface area contributed by atoms with E-state index in [4.69, 9.17) is 4.74 Å².